The zero-order valence-electron chi connectivity index (χ0n) is 12.0. The van der Waals surface area contributed by atoms with Crippen LogP contribution in [0.1, 0.15) is 25.1 Å². The Labute approximate surface area is 119 Å². The van der Waals surface area contributed by atoms with Crippen molar-refractivity contribution < 1.29 is 4.74 Å². The molecule has 0 saturated carbocycles. The topological polar surface area (TPSA) is 65.1 Å². The van der Waals surface area contributed by atoms with E-state index in [0.717, 1.165) is 24.4 Å². The molecule has 1 aromatic carbocycles. The van der Waals surface area contributed by atoms with E-state index in [0.29, 0.717) is 5.92 Å². The molecule has 0 saturated heterocycles. The van der Waals surface area contributed by atoms with Crippen molar-refractivity contribution in [3.05, 3.63) is 48.3 Å². The number of rotatable bonds is 7. The number of hydrazine groups is 1. The fourth-order valence-corrected chi connectivity index (χ4v) is 2.24. The van der Waals surface area contributed by atoms with Gasteiger partial charge in [-0.1, -0.05) is 25.1 Å². The Bertz CT molecular complexity index is 512. The molecule has 0 fully saturated rings. The molecule has 3 N–H and O–H groups in total. The first-order chi connectivity index (χ1) is 9.76. The zero-order valence-corrected chi connectivity index (χ0v) is 12.0. The normalized spacial score (nSPS) is 14.2. The van der Waals surface area contributed by atoms with E-state index in [1.807, 2.05) is 47.3 Å². The summed E-state index contributed by atoms with van der Waals surface area (Å²) in [6.45, 7) is 2.86. The maximum atomic E-state index is 5.69. The standard InChI is InChI=1S/C15H22N4O/c1-12(9-11-20-2)15(17-16)14-8-10-19(18-14)13-6-4-3-5-7-13/h3-8,10,12,15,17H,9,11,16H2,1-2H3. The molecule has 0 aliphatic rings. The molecule has 1 heterocycles. The Balaban J connectivity index is 2.14. The minimum atomic E-state index is 0.0233. The van der Waals surface area contributed by atoms with Crippen LogP contribution in [-0.2, 0) is 4.74 Å². The summed E-state index contributed by atoms with van der Waals surface area (Å²) in [7, 11) is 1.71. The molecule has 0 bridgehead atoms. The zero-order chi connectivity index (χ0) is 14.4. The van der Waals surface area contributed by atoms with E-state index in [-0.39, 0.29) is 6.04 Å². The lowest BCUT2D eigenvalue weighted by Gasteiger charge is -2.21. The summed E-state index contributed by atoms with van der Waals surface area (Å²) < 4.78 is 6.99. The van der Waals surface area contributed by atoms with Crippen molar-refractivity contribution >= 4 is 0 Å². The second kappa shape index (κ2) is 7.19. The molecule has 5 heteroatoms. The predicted octanol–water partition coefficient (Wildman–Crippen LogP) is 2.05. The maximum absolute atomic E-state index is 5.69. The van der Waals surface area contributed by atoms with Gasteiger partial charge in [-0.05, 0) is 30.5 Å². The van der Waals surface area contributed by atoms with Gasteiger partial charge >= 0.3 is 0 Å². The summed E-state index contributed by atoms with van der Waals surface area (Å²) in [5, 5.41) is 4.61. The molecule has 5 nitrogen and oxygen atoms in total. The van der Waals surface area contributed by atoms with Crippen LogP contribution in [0.4, 0.5) is 0 Å². The first-order valence-electron chi connectivity index (χ1n) is 6.82. The minimum absolute atomic E-state index is 0.0233. The van der Waals surface area contributed by atoms with Gasteiger partial charge in [-0.3, -0.25) is 11.3 Å². The Morgan fingerprint density at radius 1 is 1.30 bits per heavy atom. The summed E-state index contributed by atoms with van der Waals surface area (Å²) in [5.41, 5.74) is 4.85. The van der Waals surface area contributed by atoms with E-state index in [9.17, 15) is 0 Å². The van der Waals surface area contributed by atoms with Crippen molar-refractivity contribution in [3.63, 3.8) is 0 Å². The molecule has 0 aliphatic heterocycles. The monoisotopic (exact) mass is 274 g/mol. The number of benzene rings is 1. The van der Waals surface area contributed by atoms with E-state index in [4.69, 9.17) is 10.6 Å². The van der Waals surface area contributed by atoms with Crippen LogP contribution in [0.5, 0.6) is 0 Å². The van der Waals surface area contributed by atoms with Crippen molar-refractivity contribution in [1.82, 2.24) is 15.2 Å². The van der Waals surface area contributed by atoms with Crippen LogP contribution in [0.25, 0.3) is 5.69 Å². The van der Waals surface area contributed by atoms with Crippen LogP contribution in [0, 0.1) is 5.92 Å². The van der Waals surface area contributed by atoms with Crippen molar-refractivity contribution in [1.29, 1.82) is 0 Å². The Kier molecular flexibility index (Phi) is 5.29. The van der Waals surface area contributed by atoms with Gasteiger partial charge in [0.1, 0.15) is 0 Å². The second-order valence-electron chi connectivity index (χ2n) is 4.92. The lowest BCUT2D eigenvalue weighted by molar-refractivity contribution is 0.169. The second-order valence-corrected chi connectivity index (χ2v) is 4.92. The summed E-state index contributed by atoms with van der Waals surface area (Å²) >= 11 is 0. The van der Waals surface area contributed by atoms with Crippen molar-refractivity contribution in [2.75, 3.05) is 13.7 Å². The SMILES string of the molecule is COCCC(C)C(NN)c1ccn(-c2ccccc2)n1. The van der Waals surface area contributed by atoms with Crippen LogP contribution < -0.4 is 11.3 Å². The van der Waals surface area contributed by atoms with Gasteiger partial charge in [0.15, 0.2) is 0 Å². The fourth-order valence-electron chi connectivity index (χ4n) is 2.24. The van der Waals surface area contributed by atoms with E-state index < -0.39 is 0 Å². The molecule has 108 valence electrons. The number of ether oxygens (including phenoxy) is 1. The van der Waals surface area contributed by atoms with Crippen molar-refractivity contribution in [2.45, 2.75) is 19.4 Å². The molecule has 0 aliphatic carbocycles. The molecule has 2 rings (SSSR count). The number of aromatic nitrogens is 2. The number of para-hydroxylation sites is 1. The number of nitrogens with zero attached hydrogens (tertiary/aromatic N) is 2. The lowest BCUT2D eigenvalue weighted by Crippen LogP contribution is -2.33. The molecule has 2 aromatic rings. The molecular formula is C15H22N4O. The molecule has 0 spiro atoms. The molecule has 2 unspecified atom stereocenters. The average molecular weight is 274 g/mol. The predicted molar refractivity (Wildman–Crippen MR) is 79.3 cm³/mol. The van der Waals surface area contributed by atoms with Gasteiger partial charge in [-0.2, -0.15) is 5.10 Å². The van der Waals surface area contributed by atoms with Crippen LogP contribution in [0.2, 0.25) is 0 Å². The fraction of sp³-hybridized carbons (Fsp3) is 0.400. The first kappa shape index (κ1) is 14.7. The van der Waals surface area contributed by atoms with Crippen molar-refractivity contribution in [3.8, 4) is 5.69 Å². The summed E-state index contributed by atoms with van der Waals surface area (Å²) in [6, 6.07) is 12.1. The first-order valence-corrected chi connectivity index (χ1v) is 6.82. The van der Waals surface area contributed by atoms with E-state index in [1.165, 1.54) is 0 Å². The Morgan fingerprint density at radius 2 is 2.05 bits per heavy atom. The Morgan fingerprint density at radius 3 is 2.70 bits per heavy atom. The Hall–Kier alpha value is -1.69. The summed E-state index contributed by atoms with van der Waals surface area (Å²) in [4.78, 5) is 0. The number of hydrogen-bond acceptors (Lipinski definition) is 4. The summed E-state index contributed by atoms with van der Waals surface area (Å²) in [6.07, 6.45) is 2.89. The lowest BCUT2D eigenvalue weighted by atomic mass is 9.97. The van der Waals surface area contributed by atoms with Gasteiger partial charge in [-0.15, -0.1) is 0 Å². The van der Waals surface area contributed by atoms with Gasteiger partial charge in [0.2, 0.25) is 0 Å². The van der Waals surface area contributed by atoms with Gasteiger partial charge in [0.25, 0.3) is 0 Å². The number of methoxy groups -OCH3 is 1. The highest BCUT2D eigenvalue weighted by Crippen LogP contribution is 2.23. The third-order valence-electron chi connectivity index (χ3n) is 3.47. The minimum Gasteiger partial charge on any atom is -0.385 e. The number of nitrogens with one attached hydrogen (secondary N) is 1. The van der Waals surface area contributed by atoms with Gasteiger partial charge in [0, 0.05) is 19.9 Å². The molecule has 20 heavy (non-hydrogen) atoms. The van der Waals surface area contributed by atoms with Crippen LogP contribution in [0.3, 0.4) is 0 Å². The molecule has 2 atom stereocenters. The van der Waals surface area contributed by atoms with Gasteiger partial charge in [0.05, 0.1) is 17.4 Å². The smallest absolute Gasteiger partial charge is 0.0814 e. The highest BCUT2D eigenvalue weighted by molar-refractivity contribution is 5.30. The molecule has 1 aromatic heterocycles. The summed E-state index contributed by atoms with van der Waals surface area (Å²) in [5.74, 6) is 6.03. The van der Waals surface area contributed by atoms with Crippen LogP contribution >= 0.6 is 0 Å². The van der Waals surface area contributed by atoms with Gasteiger partial charge in [-0.25, -0.2) is 4.68 Å². The van der Waals surface area contributed by atoms with Gasteiger partial charge < -0.3 is 4.74 Å². The van der Waals surface area contributed by atoms with E-state index in [2.05, 4.69) is 17.4 Å². The quantitative estimate of drug-likeness (QED) is 0.599. The number of hydrogen-bond donors (Lipinski definition) is 2. The molecular weight excluding hydrogens is 252 g/mol. The van der Waals surface area contributed by atoms with Crippen molar-refractivity contribution in [2.24, 2.45) is 11.8 Å². The highest BCUT2D eigenvalue weighted by atomic mass is 16.5. The molecule has 0 amide bonds. The number of nitrogens with two attached hydrogens (primary N) is 1. The van der Waals surface area contributed by atoms with Crippen LogP contribution in [0.15, 0.2) is 42.6 Å². The third kappa shape index (κ3) is 3.45. The third-order valence-corrected chi connectivity index (χ3v) is 3.47. The average Bonchev–Trinajstić information content (AvgIpc) is 2.96. The van der Waals surface area contributed by atoms with Crippen LogP contribution in [-0.4, -0.2) is 23.5 Å². The molecule has 0 radical (unpaired) electrons. The maximum Gasteiger partial charge on any atom is 0.0814 e. The highest BCUT2D eigenvalue weighted by Gasteiger charge is 2.20. The van der Waals surface area contributed by atoms with E-state index >= 15 is 0 Å². The van der Waals surface area contributed by atoms with E-state index in [1.54, 1.807) is 7.11 Å². The largest absolute Gasteiger partial charge is 0.385 e.